The minimum absolute atomic E-state index is 0.0297. The number of nitrogens with two attached hydrogens (primary N) is 1. The molecule has 21 heavy (non-hydrogen) atoms. The van der Waals surface area contributed by atoms with Gasteiger partial charge in [-0.25, -0.2) is 10.8 Å². The van der Waals surface area contributed by atoms with Gasteiger partial charge in [0.1, 0.15) is 11.9 Å². The molecule has 0 spiro atoms. The van der Waals surface area contributed by atoms with Gasteiger partial charge in [0, 0.05) is 6.07 Å². The number of nitrogens with zero attached hydrogens (tertiary/aromatic N) is 3. The summed E-state index contributed by atoms with van der Waals surface area (Å²) in [6, 6.07) is 4.84. The smallest absolute Gasteiger partial charge is 0.329 e. The van der Waals surface area contributed by atoms with Crippen LogP contribution in [0.15, 0.2) is 24.4 Å². The number of methoxy groups -OCH3 is 1. The third-order valence-electron chi connectivity index (χ3n) is 2.52. The predicted octanol–water partition coefficient (Wildman–Crippen LogP) is 2.08. The van der Waals surface area contributed by atoms with Gasteiger partial charge in [0.2, 0.25) is 11.8 Å². The fourth-order valence-electron chi connectivity index (χ4n) is 1.53. The molecule has 9 nitrogen and oxygen atoms in total. The van der Waals surface area contributed by atoms with Gasteiger partial charge < -0.3 is 10.1 Å². The Labute approximate surface area is 124 Å². The molecule has 0 fully saturated rings. The lowest BCUT2D eigenvalue weighted by Crippen LogP contribution is -2.12. The number of nitrogens with one attached hydrogen (secondary N) is 2. The molecule has 0 aliphatic heterocycles. The van der Waals surface area contributed by atoms with Crippen molar-refractivity contribution >= 4 is 34.7 Å². The summed E-state index contributed by atoms with van der Waals surface area (Å²) >= 11 is 6.04. The quantitative estimate of drug-likeness (QED) is 0.435. The van der Waals surface area contributed by atoms with E-state index in [2.05, 4.69) is 20.7 Å². The predicted molar refractivity (Wildman–Crippen MR) is 77.8 cm³/mol. The molecule has 10 heteroatoms. The molecular formula is C11H11ClN6O3. The normalized spacial score (nSPS) is 10.0. The van der Waals surface area contributed by atoms with Gasteiger partial charge in [-0.3, -0.25) is 15.5 Å². The Bertz CT molecular complexity index is 681. The summed E-state index contributed by atoms with van der Waals surface area (Å²) in [5, 5.41) is 14.1. The Morgan fingerprint density at radius 3 is 2.86 bits per heavy atom. The number of nitro groups is 1. The van der Waals surface area contributed by atoms with Gasteiger partial charge in [0.05, 0.1) is 22.7 Å². The van der Waals surface area contributed by atoms with Crippen molar-refractivity contribution in [3.63, 3.8) is 0 Å². The first-order valence-electron chi connectivity index (χ1n) is 5.63. The van der Waals surface area contributed by atoms with Crippen LogP contribution < -0.4 is 21.3 Å². The lowest BCUT2D eigenvalue weighted by atomic mass is 10.3. The molecule has 110 valence electrons. The maximum Gasteiger partial charge on any atom is 0.329 e. The van der Waals surface area contributed by atoms with Crippen LogP contribution in [-0.2, 0) is 0 Å². The highest BCUT2D eigenvalue weighted by Crippen LogP contribution is 2.32. The van der Waals surface area contributed by atoms with Crippen LogP contribution in [0, 0.1) is 10.1 Å². The van der Waals surface area contributed by atoms with Gasteiger partial charge in [0.25, 0.3) is 0 Å². The Kier molecular flexibility index (Phi) is 4.36. The Balaban J connectivity index is 2.44. The molecule has 0 bridgehead atoms. The number of hydrogen-bond acceptors (Lipinski definition) is 8. The lowest BCUT2D eigenvalue weighted by Gasteiger charge is -2.10. The number of anilines is 3. The highest BCUT2D eigenvalue weighted by atomic mass is 35.5. The van der Waals surface area contributed by atoms with Crippen molar-refractivity contribution < 1.29 is 9.66 Å². The Morgan fingerprint density at radius 2 is 2.24 bits per heavy atom. The minimum Gasteiger partial charge on any atom is -0.497 e. The first-order valence-corrected chi connectivity index (χ1v) is 6.01. The van der Waals surface area contributed by atoms with Gasteiger partial charge in [-0.1, -0.05) is 11.6 Å². The summed E-state index contributed by atoms with van der Waals surface area (Å²) in [6.07, 6.45) is 1.04. The monoisotopic (exact) mass is 310 g/mol. The number of ether oxygens (including phenoxy) is 1. The van der Waals surface area contributed by atoms with Crippen LogP contribution in [0.4, 0.5) is 23.1 Å². The average Bonchev–Trinajstić information content (AvgIpc) is 2.49. The maximum atomic E-state index is 11.0. The molecule has 0 unspecified atom stereocenters. The van der Waals surface area contributed by atoms with Gasteiger partial charge in [-0.2, -0.15) is 4.98 Å². The Hall–Kier alpha value is -2.65. The molecule has 0 aliphatic rings. The SMILES string of the molecule is COc1ccc(Cl)c(Nc2nc(NN)ncc2[N+](=O)[O-])c1. The van der Waals surface area contributed by atoms with Crippen LogP contribution in [0.2, 0.25) is 5.02 Å². The van der Waals surface area contributed by atoms with Crippen molar-refractivity contribution in [2.24, 2.45) is 5.84 Å². The summed E-state index contributed by atoms with van der Waals surface area (Å²) in [4.78, 5) is 18.0. The van der Waals surface area contributed by atoms with Crippen molar-refractivity contribution in [1.82, 2.24) is 9.97 Å². The van der Waals surface area contributed by atoms with Crippen LogP contribution in [0.1, 0.15) is 0 Å². The fraction of sp³-hybridized carbons (Fsp3) is 0.0909. The van der Waals surface area contributed by atoms with E-state index in [-0.39, 0.29) is 17.5 Å². The number of hydrazine groups is 1. The molecule has 1 aromatic heterocycles. The van der Waals surface area contributed by atoms with Crippen molar-refractivity contribution in [2.45, 2.75) is 0 Å². The fourth-order valence-corrected chi connectivity index (χ4v) is 1.69. The molecule has 2 rings (SSSR count). The van der Waals surface area contributed by atoms with Crippen LogP contribution in [0.5, 0.6) is 5.75 Å². The van der Waals surface area contributed by atoms with E-state index in [0.717, 1.165) is 6.20 Å². The largest absolute Gasteiger partial charge is 0.497 e. The molecule has 1 heterocycles. The molecule has 0 saturated carbocycles. The second-order valence-corrected chi connectivity index (χ2v) is 4.21. The summed E-state index contributed by atoms with van der Waals surface area (Å²) in [7, 11) is 1.50. The summed E-state index contributed by atoms with van der Waals surface area (Å²) in [5.74, 6) is 5.72. The molecule has 0 radical (unpaired) electrons. The van der Waals surface area contributed by atoms with Crippen LogP contribution in [0.3, 0.4) is 0 Å². The second-order valence-electron chi connectivity index (χ2n) is 3.80. The molecule has 1 aromatic carbocycles. The average molecular weight is 311 g/mol. The third-order valence-corrected chi connectivity index (χ3v) is 2.85. The van der Waals surface area contributed by atoms with E-state index in [0.29, 0.717) is 16.5 Å². The molecule has 0 aliphatic carbocycles. The van der Waals surface area contributed by atoms with E-state index in [9.17, 15) is 10.1 Å². The molecule has 2 aromatic rings. The van der Waals surface area contributed by atoms with Crippen LogP contribution in [-0.4, -0.2) is 22.0 Å². The zero-order chi connectivity index (χ0) is 15.4. The standard InChI is InChI=1S/C11H11ClN6O3/c1-21-6-2-3-7(12)8(4-6)15-10-9(18(19)20)5-14-11(16-10)17-13/h2-5H,13H2,1H3,(H2,14,15,16,17). The van der Waals surface area contributed by atoms with E-state index >= 15 is 0 Å². The number of nitrogen functional groups attached to an aromatic ring is 1. The number of rotatable bonds is 5. The highest BCUT2D eigenvalue weighted by molar-refractivity contribution is 6.33. The number of halogens is 1. The first kappa shape index (κ1) is 14.8. The van der Waals surface area contributed by atoms with E-state index in [4.69, 9.17) is 22.2 Å². The highest BCUT2D eigenvalue weighted by Gasteiger charge is 2.18. The van der Waals surface area contributed by atoms with Crippen molar-refractivity contribution in [3.8, 4) is 5.75 Å². The van der Waals surface area contributed by atoms with Crippen molar-refractivity contribution in [1.29, 1.82) is 0 Å². The van der Waals surface area contributed by atoms with E-state index in [1.165, 1.54) is 7.11 Å². The lowest BCUT2D eigenvalue weighted by molar-refractivity contribution is -0.384. The van der Waals surface area contributed by atoms with Gasteiger partial charge in [-0.05, 0) is 12.1 Å². The number of benzene rings is 1. The number of hydrogen-bond donors (Lipinski definition) is 3. The van der Waals surface area contributed by atoms with Crippen molar-refractivity contribution in [2.75, 3.05) is 17.9 Å². The molecular weight excluding hydrogens is 300 g/mol. The zero-order valence-electron chi connectivity index (χ0n) is 10.8. The van der Waals surface area contributed by atoms with Crippen LogP contribution in [0.25, 0.3) is 0 Å². The first-order chi connectivity index (χ1) is 10.0. The van der Waals surface area contributed by atoms with E-state index in [1.807, 2.05) is 0 Å². The maximum absolute atomic E-state index is 11.0. The van der Waals surface area contributed by atoms with E-state index < -0.39 is 4.92 Å². The van der Waals surface area contributed by atoms with Gasteiger partial charge >= 0.3 is 5.69 Å². The van der Waals surface area contributed by atoms with Gasteiger partial charge in [0.15, 0.2) is 0 Å². The second kappa shape index (κ2) is 6.20. The summed E-state index contributed by atoms with van der Waals surface area (Å²) < 4.78 is 5.07. The molecule has 4 N–H and O–H groups in total. The molecule has 0 atom stereocenters. The van der Waals surface area contributed by atoms with Crippen LogP contribution >= 0.6 is 11.6 Å². The van der Waals surface area contributed by atoms with E-state index in [1.54, 1.807) is 18.2 Å². The van der Waals surface area contributed by atoms with Gasteiger partial charge in [-0.15, -0.1) is 0 Å². The topological polar surface area (TPSA) is 128 Å². The zero-order valence-corrected chi connectivity index (χ0v) is 11.6. The summed E-state index contributed by atoms with van der Waals surface area (Å²) in [5.41, 5.74) is 2.31. The molecule has 0 amide bonds. The summed E-state index contributed by atoms with van der Waals surface area (Å²) in [6.45, 7) is 0. The van der Waals surface area contributed by atoms with Crippen molar-refractivity contribution in [3.05, 3.63) is 39.5 Å². The molecule has 0 saturated heterocycles. The minimum atomic E-state index is -0.614. The Morgan fingerprint density at radius 1 is 1.48 bits per heavy atom. The number of aromatic nitrogens is 2. The third kappa shape index (κ3) is 3.27.